The molecular weight excluding hydrogens is 238 g/mol. The smallest absolute Gasteiger partial charge is 0.157 e. The van der Waals surface area contributed by atoms with Gasteiger partial charge in [-0.1, -0.05) is 37.3 Å². The Bertz CT molecular complexity index is 535. The average Bonchev–Trinajstić information content (AvgIpc) is 2.43. The van der Waals surface area contributed by atoms with E-state index in [1.807, 2.05) is 0 Å². The van der Waals surface area contributed by atoms with Crippen molar-refractivity contribution in [3.63, 3.8) is 0 Å². The van der Waals surface area contributed by atoms with Gasteiger partial charge in [0.05, 0.1) is 0 Å². The summed E-state index contributed by atoms with van der Waals surface area (Å²) in [6, 6.07) is 13.4. The molecule has 100 valence electrons. The van der Waals surface area contributed by atoms with Crippen LogP contribution in [0.15, 0.2) is 42.5 Å². The van der Waals surface area contributed by atoms with E-state index in [2.05, 4.69) is 36.5 Å². The number of benzene rings is 2. The van der Waals surface area contributed by atoms with E-state index in [4.69, 9.17) is 0 Å². The first-order valence-corrected chi connectivity index (χ1v) is 6.48. The standard InChI is InChI=1S/C16H19NO2/c1-2-12-3-5-13(6-4-12)10-17-11-14-7-8-15(18)16(19)9-14/h3-9,17-19H,2,10-11H2,1H3. The lowest BCUT2D eigenvalue weighted by atomic mass is 10.1. The van der Waals surface area contributed by atoms with Gasteiger partial charge in [-0.15, -0.1) is 0 Å². The molecular formula is C16H19NO2. The summed E-state index contributed by atoms with van der Waals surface area (Å²) >= 11 is 0. The summed E-state index contributed by atoms with van der Waals surface area (Å²) in [4.78, 5) is 0. The van der Waals surface area contributed by atoms with Gasteiger partial charge in [0.2, 0.25) is 0 Å². The molecule has 0 aliphatic carbocycles. The molecule has 0 aromatic heterocycles. The lowest BCUT2D eigenvalue weighted by Gasteiger charge is -2.07. The third-order valence-corrected chi connectivity index (χ3v) is 3.13. The summed E-state index contributed by atoms with van der Waals surface area (Å²) in [6.45, 7) is 3.58. The van der Waals surface area contributed by atoms with Crippen LogP contribution in [-0.4, -0.2) is 10.2 Å². The predicted octanol–water partition coefficient (Wildman–Crippen LogP) is 2.95. The Kier molecular flexibility index (Phi) is 4.42. The van der Waals surface area contributed by atoms with Gasteiger partial charge in [0, 0.05) is 13.1 Å². The van der Waals surface area contributed by atoms with Crippen molar-refractivity contribution in [1.29, 1.82) is 0 Å². The van der Waals surface area contributed by atoms with Gasteiger partial charge in [0.15, 0.2) is 11.5 Å². The van der Waals surface area contributed by atoms with Crippen LogP contribution in [0.2, 0.25) is 0 Å². The van der Waals surface area contributed by atoms with Gasteiger partial charge in [-0.25, -0.2) is 0 Å². The first-order chi connectivity index (χ1) is 9.19. The molecule has 0 aliphatic heterocycles. The second-order valence-corrected chi connectivity index (χ2v) is 4.60. The van der Waals surface area contributed by atoms with Crippen molar-refractivity contribution in [2.24, 2.45) is 0 Å². The molecule has 0 amide bonds. The zero-order chi connectivity index (χ0) is 13.7. The second kappa shape index (κ2) is 6.25. The van der Waals surface area contributed by atoms with Crippen LogP contribution >= 0.6 is 0 Å². The molecule has 0 heterocycles. The number of hydrogen-bond acceptors (Lipinski definition) is 3. The topological polar surface area (TPSA) is 52.5 Å². The largest absolute Gasteiger partial charge is 0.504 e. The summed E-state index contributed by atoms with van der Waals surface area (Å²) in [5.74, 6) is -0.162. The molecule has 0 fully saturated rings. The number of phenols is 2. The molecule has 2 aromatic rings. The highest BCUT2D eigenvalue weighted by Gasteiger charge is 2.00. The van der Waals surface area contributed by atoms with Crippen LogP contribution in [-0.2, 0) is 19.5 Å². The second-order valence-electron chi connectivity index (χ2n) is 4.60. The molecule has 0 radical (unpaired) electrons. The maximum absolute atomic E-state index is 9.40. The lowest BCUT2D eigenvalue weighted by Crippen LogP contribution is -2.12. The molecule has 0 bridgehead atoms. The van der Waals surface area contributed by atoms with Crippen LogP contribution in [0.3, 0.4) is 0 Å². The van der Waals surface area contributed by atoms with E-state index in [-0.39, 0.29) is 11.5 Å². The Morgan fingerprint density at radius 3 is 2.00 bits per heavy atom. The van der Waals surface area contributed by atoms with Crippen LogP contribution in [0, 0.1) is 0 Å². The molecule has 0 atom stereocenters. The molecule has 0 unspecified atom stereocenters. The van der Waals surface area contributed by atoms with Crippen LogP contribution in [0.1, 0.15) is 23.6 Å². The Morgan fingerprint density at radius 1 is 0.789 bits per heavy atom. The van der Waals surface area contributed by atoms with Crippen molar-refractivity contribution in [2.75, 3.05) is 0 Å². The number of nitrogens with one attached hydrogen (secondary N) is 1. The fourth-order valence-electron chi connectivity index (χ4n) is 1.92. The highest BCUT2D eigenvalue weighted by molar-refractivity contribution is 5.40. The molecule has 2 rings (SSSR count). The summed E-state index contributed by atoms with van der Waals surface area (Å²) in [5, 5.41) is 21.9. The van der Waals surface area contributed by atoms with Gasteiger partial charge in [0.1, 0.15) is 0 Å². The van der Waals surface area contributed by atoms with E-state index < -0.39 is 0 Å². The normalized spacial score (nSPS) is 10.6. The fourth-order valence-corrected chi connectivity index (χ4v) is 1.92. The lowest BCUT2D eigenvalue weighted by molar-refractivity contribution is 0.403. The minimum atomic E-state index is -0.0843. The maximum Gasteiger partial charge on any atom is 0.157 e. The van der Waals surface area contributed by atoms with Gasteiger partial charge in [-0.05, 0) is 35.2 Å². The summed E-state index contributed by atoms with van der Waals surface area (Å²) in [7, 11) is 0. The van der Waals surface area contributed by atoms with Gasteiger partial charge in [-0.3, -0.25) is 0 Å². The first-order valence-electron chi connectivity index (χ1n) is 6.48. The Balaban J connectivity index is 1.86. The van der Waals surface area contributed by atoms with Crippen molar-refractivity contribution in [2.45, 2.75) is 26.4 Å². The molecule has 3 N–H and O–H groups in total. The minimum absolute atomic E-state index is 0.0772. The van der Waals surface area contributed by atoms with Gasteiger partial charge >= 0.3 is 0 Å². The van der Waals surface area contributed by atoms with E-state index in [1.54, 1.807) is 12.1 Å². The SMILES string of the molecule is CCc1ccc(CNCc2ccc(O)c(O)c2)cc1. The molecule has 3 nitrogen and oxygen atoms in total. The third kappa shape index (κ3) is 3.73. The van der Waals surface area contributed by atoms with Crippen molar-refractivity contribution < 1.29 is 10.2 Å². The Hall–Kier alpha value is -2.00. The number of rotatable bonds is 5. The average molecular weight is 257 g/mol. The van der Waals surface area contributed by atoms with Crippen molar-refractivity contribution in [1.82, 2.24) is 5.32 Å². The van der Waals surface area contributed by atoms with Gasteiger partial charge in [0.25, 0.3) is 0 Å². The van der Waals surface area contributed by atoms with E-state index in [0.717, 1.165) is 18.5 Å². The number of aryl methyl sites for hydroxylation is 1. The van der Waals surface area contributed by atoms with Gasteiger partial charge in [-0.2, -0.15) is 0 Å². The maximum atomic E-state index is 9.40. The van der Waals surface area contributed by atoms with E-state index >= 15 is 0 Å². The highest BCUT2D eigenvalue weighted by Crippen LogP contribution is 2.24. The summed E-state index contributed by atoms with van der Waals surface area (Å²) in [5.41, 5.74) is 3.52. The summed E-state index contributed by atoms with van der Waals surface area (Å²) in [6.07, 6.45) is 1.06. The third-order valence-electron chi connectivity index (χ3n) is 3.13. The highest BCUT2D eigenvalue weighted by atomic mass is 16.3. The zero-order valence-corrected chi connectivity index (χ0v) is 11.1. The first kappa shape index (κ1) is 13.4. The Labute approximate surface area is 113 Å². The van der Waals surface area contributed by atoms with E-state index in [1.165, 1.54) is 17.2 Å². The van der Waals surface area contributed by atoms with E-state index in [9.17, 15) is 10.2 Å². The molecule has 2 aromatic carbocycles. The predicted molar refractivity (Wildman–Crippen MR) is 76.1 cm³/mol. The number of aromatic hydroxyl groups is 2. The number of hydrogen-bond donors (Lipinski definition) is 3. The fraction of sp³-hybridized carbons (Fsp3) is 0.250. The summed E-state index contributed by atoms with van der Waals surface area (Å²) < 4.78 is 0. The van der Waals surface area contributed by atoms with Gasteiger partial charge < -0.3 is 15.5 Å². The molecule has 3 heteroatoms. The van der Waals surface area contributed by atoms with Crippen LogP contribution in [0.5, 0.6) is 11.5 Å². The van der Waals surface area contributed by atoms with Crippen LogP contribution in [0.4, 0.5) is 0 Å². The van der Waals surface area contributed by atoms with Crippen LogP contribution in [0.25, 0.3) is 0 Å². The molecule has 0 saturated carbocycles. The van der Waals surface area contributed by atoms with Crippen LogP contribution < -0.4 is 5.32 Å². The number of phenolic OH excluding ortho intramolecular Hbond substituents is 2. The molecule has 0 aliphatic rings. The quantitative estimate of drug-likeness (QED) is 0.722. The van der Waals surface area contributed by atoms with Crippen molar-refractivity contribution in [3.8, 4) is 11.5 Å². The zero-order valence-electron chi connectivity index (χ0n) is 11.1. The molecule has 19 heavy (non-hydrogen) atoms. The van der Waals surface area contributed by atoms with E-state index in [0.29, 0.717) is 6.54 Å². The molecule has 0 saturated heterocycles. The molecule has 0 spiro atoms. The Morgan fingerprint density at radius 2 is 1.37 bits per heavy atom. The minimum Gasteiger partial charge on any atom is -0.504 e. The monoisotopic (exact) mass is 257 g/mol. The van der Waals surface area contributed by atoms with Crippen molar-refractivity contribution in [3.05, 3.63) is 59.2 Å². The van der Waals surface area contributed by atoms with Crippen molar-refractivity contribution >= 4 is 0 Å².